The topological polar surface area (TPSA) is 105 Å². The van der Waals surface area contributed by atoms with E-state index in [1.165, 1.54) is 52.6 Å². The first kappa shape index (κ1) is 26.2. The van der Waals surface area contributed by atoms with Gasteiger partial charge in [0.1, 0.15) is 12.4 Å². The van der Waals surface area contributed by atoms with Crippen LogP contribution >= 0.6 is 11.3 Å². The lowest BCUT2D eigenvalue weighted by atomic mass is 10.2. The van der Waals surface area contributed by atoms with Crippen molar-refractivity contribution in [1.82, 2.24) is 9.80 Å². The van der Waals surface area contributed by atoms with E-state index in [9.17, 15) is 24.1 Å². The Labute approximate surface area is 217 Å². The first-order valence-corrected chi connectivity index (χ1v) is 12.7. The molecule has 1 N–H and O–H groups in total. The number of ether oxygens (including phenoxy) is 1. The van der Waals surface area contributed by atoms with Crippen molar-refractivity contribution < 1.29 is 23.6 Å². The maximum atomic E-state index is 13.5. The quantitative estimate of drug-likeness (QED) is 0.294. The molecule has 9 nitrogen and oxygen atoms in total. The van der Waals surface area contributed by atoms with E-state index in [1.54, 1.807) is 17.0 Å². The molecular weight excluding hydrogens is 499 g/mol. The summed E-state index contributed by atoms with van der Waals surface area (Å²) < 4.78 is 19.1. The molecule has 1 saturated heterocycles. The second-order valence-electron chi connectivity index (χ2n) is 8.71. The number of urea groups is 1. The molecule has 1 aromatic heterocycles. The zero-order chi connectivity index (χ0) is 26.2. The molecule has 1 aliphatic rings. The highest BCUT2D eigenvalue weighted by molar-refractivity contribution is 7.09. The molecule has 1 aliphatic heterocycles. The smallest absolute Gasteiger partial charge is 0.322 e. The van der Waals surface area contributed by atoms with Crippen LogP contribution in [0, 0.1) is 15.9 Å². The number of nitrogens with zero attached hydrogens (tertiary/aromatic N) is 3. The number of nitro benzene ring substituents is 1. The van der Waals surface area contributed by atoms with Crippen LogP contribution in [0.1, 0.15) is 23.3 Å². The average Bonchev–Trinajstić information content (AvgIpc) is 3.59. The van der Waals surface area contributed by atoms with Gasteiger partial charge in [-0.25, -0.2) is 9.18 Å². The van der Waals surface area contributed by atoms with Gasteiger partial charge in [-0.2, -0.15) is 0 Å². The number of hydrogen-bond acceptors (Lipinski definition) is 6. The Bertz CT molecular complexity index is 1200. The summed E-state index contributed by atoms with van der Waals surface area (Å²) in [5.74, 6) is -0.625. The van der Waals surface area contributed by atoms with Crippen molar-refractivity contribution in [3.05, 3.63) is 92.4 Å². The Kier molecular flexibility index (Phi) is 8.81. The zero-order valence-corrected chi connectivity index (χ0v) is 20.9. The highest BCUT2D eigenvalue weighted by atomic mass is 32.1. The van der Waals surface area contributed by atoms with Crippen molar-refractivity contribution in [3.63, 3.8) is 0 Å². The number of anilines is 1. The Balaban J connectivity index is 1.50. The van der Waals surface area contributed by atoms with E-state index in [0.717, 1.165) is 23.3 Å². The van der Waals surface area contributed by atoms with Gasteiger partial charge in [-0.15, -0.1) is 11.3 Å². The minimum Gasteiger partial charge on any atom is -0.376 e. The van der Waals surface area contributed by atoms with Gasteiger partial charge in [0.25, 0.3) is 5.69 Å². The molecule has 3 aromatic rings. The van der Waals surface area contributed by atoms with Crippen molar-refractivity contribution >= 4 is 34.6 Å². The lowest BCUT2D eigenvalue weighted by Gasteiger charge is -2.29. The van der Waals surface area contributed by atoms with E-state index in [2.05, 4.69) is 5.32 Å². The van der Waals surface area contributed by atoms with Crippen molar-refractivity contribution in [1.29, 1.82) is 0 Å². The third-order valence-electron chi connectivity index (χ3n) is 5.96. The van der Waals surface area contributed by atoms with Crippen molar-refractivity contribution in [2.24, 2.45) is 0 Å². The number of hydrogen-bond donors (Lipinski definition) is 1. The lowest BCUT2D eigenvalue weighted by Crippen LogP contribution is -2.46. The Morgan fingerprint density at radius 1 is 1.08 bits per heavy atom. The number of non-ortho nitro benzene ring substituents is 1. The van der Waals surface area contributed by atoms with Crippen molar-refractivity contribution in [2.75, 3.05) is 25.0 Å². The SMILES string of the molecule is O=C(CN(C[C@@H]1CCCO1)C(=O)Nc1ccc([N+](=O)[O-])cc1)N(Cc1ccc(F)cc1)Cc1cccs1. The Hall–Kier alpha value is -3.83. The summed E-state index contributed by atoms with van der Waals surface area (Å²) in [7, 11) is 0. The maximum Gasteiger partial charge on any atom is 0.322 e. The molecule has 4 rings (SSSR count). The number of amides is 3. The first-order valence-electron chi connectivity index (χ1n) is 11.8. The predicted octanol–water partition coefficient (Wildman–Crippen LogP) is 5.04. The first-order chi connectivity index (χ1) is 17.9. The van der Waals surface area contributed by atoms with E-state index in [1.807, 2.05) is 17.5 Å². The largest absolute Gasteiger partial charge is 0.376 e. The number of thiophene rings is 1. The fourth-order valence-corrected chi connectivity index (χ4v) is 4.74. The normalized spacial score (nSPS) is 14.8. The van der Waals surface area contributed by atoms with Gasteiger partial charge in [0.2, 0.25) is 5.91 Å². The number of carbonyl (C=O) groups excluding carboxylic acids is 2. The molecule has 3 amide bonds. The van der Waals surface area contributed by atoms with Crippen LogP contribution in [0.4, 0.5) is 20.6 Å². The van der Waals surface area contributed by atoms with E-state index in [0.29, 0.717) is 18.8 Å². The number of carbonyl (C=O) groups is 2. The lowest BCUT2D eigenvalue weighted by molar-refractivity contribution is -0.384. The summed E-state index contributed by atoms with van der Waals surface area (Å²) in [5, 5.41) is 15.6. The molecule has 2 heterocycles. The molecule has 0 saturated carbocycles. The van der Waals surface area contributed by atoms with Gasteiger partial charge in [-0.1, -0.05) is 18.2 Å². The van der Waals surface area contributed by atoms with Crippen LogP contribution in [0.3, 0.4) is 0 Å². The number of rotatable bonds is 10. The fraction of sp³-hybridized carbons (Fsp3) is 0.308. The summed E-state index contributed by atoms with van der Waals surface area (Å²) in [6.45, 7) is 1.26. The summed E-state index contributed by atoms with van der Waals surface area (Å²) in [6, 6.07) is 14.8. The van der Waals surface area contributed by atoms with Gasteiger partial charge in [0.15, 0.2) is 0 Å². The molecule has 0 spiro atoms. The van der Waals surface area contributed by atoms with Crippen LogP contribution in [0.2, 0.25) is 0 Å². The van der Waals surface area contributed by atoms with Crippen LogP contribution in [-0.2, 0) is 22.6 Å². The minimum atomic E-state index is -0.517. The highest BCUT2D eigenvalue weighted by Crippen LogP contribution is 2.19. The standard InChI is InChI=1S/C26H27FN4O5S/c27-20-7-5-19(6-8-20)15-29(17-24-4-2-14-37-24)25(32)18-30(16-23-3-1-13-36-23)26(33)28-21-9-11-22(12-10-21)31(34)35/h2,4-12,14,23H,1,3,13,15-18H2,(H,28,33)/t23-/m0/s1. The zero-order valence-electron chi connectivity index (χ0n) is 20.0. The average molecular weight is 527 g/mol. The van der Waals surface area contributed by atoms with Crippen LogP contribution in [0.25, 0.3) is 0 Å². The third kappa shape index (κ3) is 7.58. The Morgan fingerprint density at radius 2 is 1.84 bits per heavy atom. The molecular formula is C26H27FN4O5S. The van der Waals surface area contributed by atoms with Gasteiger partial charge >= 0.3 is 6.03 Å². The van der Waals surface area contributed by atoms with Gasteiger partial charge < -0.3 is 19.9 Å². The van der Waals surface area contributed by atoms with E-state index < -0.39 is 11.0 Å². The van der Waals surface area contributed by atoms with E-state index >= 15 is 0 Å². The van der Waals surface area contributed by atoms with Crippen LogP contribution < -0.4 is 5.32 Å². The maximum absolute atomic E-state index is 13.5. The second kappa shape index (κ2) is 12.4. The van der Waals surface area contributed by atoms with Crippen molar-refractivity contribution in [3.8, 4) is 0 Å². The molecule has 0 radical (unpaired) electrons. The molecule has 1 atom stereocenters. The van der Waals surface area contributed by atoms with Gasteiger partial charge in [-0.3, -0.25) is 14.9 Å². The predicted molar refractivity (Wildman–Crippen MR) is 138 cm³/mol. The number of halogens is 1. The number of nitro groups is 1. The van der Waals surface area contributed by atoms with Gasteiger partial charge in [0.05, 0.1) is 17.6 Å². The summed E-state index contributed by atoms with van der Waals surface area (Å²) in [4.78, 5) is 41.2. The van der Waals surface area contributed by atoms with Gasteiger partial charge in [0, 0.05) is 42.4 Å². The third-order valence-corrected chi connectivity index (χ3v) is 6.82. The number of benzene rings is 2. The monoisotopic (exact) mass is 526 g/mol. The Morgan fingerprint density at radius 3 is 2.46 bits per heavy atom. The fourth-order valence-electron chi connectivity index (χ4n) is 4.02. The highest BCUT2D eigenvalue weighted by Gasteiger charge is 2.27. The number of nitrogens with one attached hydrogen (secondary N) is 1. The molecule has 37 heavy (non-hydrogen) atoms. The molecule has 1 fully saturated rings. The molecule has 2 aromatic carbocycles. The molecule has 11 heteroatoms. The summed E-state index contributed by atoms with van der Waals surface area (Å²) in [6.07, 6.45) is 1.48. The van der Waals surface area contributed by atoms with Crippen LogP contribution in [-0.4, -0.2) is 52.5 Å². The van der Waals surface area contributed by atoms with Crippen molar-refractivity contribution in [2.45, 2.75) is 32.0 Å². The summed E-state index contributed by atoms with van der Waals surface area (Å²) in [5.41, 5.74) is 1.06. The van der Waals surface area contributed by atoms with Gasteiger partial charge in [-0.05, 0) is 54.1 Å². The minimum absolute atomic E-state index is 0.0885. The van der Waals surface area contributed by atoms with Crippen LogP contribution in [0.5, 0.6) is 0 Å². The van der Waals surface area contributed by atoms with E-state index in [4.69, 9.17) is 4.74 Å². The molecule has 194 valence electrons. The molecule has 0 unspecified atom stereocenters. The molecule has 0 bridgehead atoms. The van der Waals surface area contributed by atoms with Crippen LogP contribution in [0.15, 0.2) is 66.0 Å². The molecule has 0 aliphatic carbocycles. The summed E-state index contributed by atoms with van der Waals surface area (Å²) >= 11 is 1.52. The van der Waals surface area contributed by atoms with E-state index in [-0.39, 0.29) is 43.2 Å². The second-order valence-corrected chi connectivity index (χ2v) is 9.74.